The second-order valence-electron chi connectivity index (χ2n) is 6.97. The number of hydrogen-bond acceptors (Lipinski definition) is 5. The van der Waals surface area contributed by atoms with Crippen LogP contribution in [0.15, 0.2) is 21.3 Å². The van der Waals surface area contributed by atoms with Crippen LogP contribution in [0.3, 0.4) is 0 Å². The quantitative estimate of drug-likeness (QED) is 0.538. The first-order chi connectivity index (χ1) is 13.2. The molecule has 9 heteroatoms. The van der Waals surface area contributed by atoms with E-state index >= 15 is 0 Å². The average Bonchev–Trinajstić information content (AvgIpc) is 2.91. The molecular weight excluding hydrogens is 412 g/mol. The molecule has 0 saturated heterocycles. The third kappa shape index (κ3) is 5.50. The number of ether oxygens (including phenoxy) is 3. The summed E-state index contributed by atoms with van der Waals surface area (Å²) in [4.78, 5) is 12.3. The zero-order valence-corrected chi connectivity index (χ0v) is 17.8. The van der Waals surface area contributed by atoms with E-state index in [1.807, 2.05) is 27.7 Å². The van der Waals surface area contributed by atoms with Gasteiger partial charge in [-0.3, -0.25) is 0 Å². The van der Waals surface area contributed by atoms with Crippen LogP contribution in [-0.2, 0) is 14.9 Å². The van der Waals surface area contributed by atoms with Crippen LogP contribution in [0, 0.1) is 5.82 Å². The molecule has 156 valence electrons. The van der Waals surface area contributed by atoms with Crippen LogP contribution >= 0.6 is 23.2 Å². The molecule has 0 amide bonds. The van der Waals surface area contributed by atoms with Gasteiger partial charge in [-0.2, -0.15) is 0 Å². The number of hydrogen-bond donors (Lipinski definition) is 0. The molecule has 0 aliphatic heterocycles. The molecule has 0 N–H and O–H groups in total. The summed E-state index contributed by atoms with van der Waals surface area (Å²) in [7, 11) is 0. The van der Waals surface area contributed by atoms with Crippen molar-refractivity contribution < 1.29 is 23.0 Å². The molecule has 0 bridgehead atoms. The predicted octanol–water partition coefficient (Wildman–Crippen LogP) is 4.61. The molecule has 2 aromatic rings. The average molecular weight is 436 g/mol. The van der Waals surface area contributed by atoms with Crippen LogP contribution < -0.4 is 10.5 Å². The number of oxazole rings is 1. The number of aromatic nitrogens is 1. The standard InChI is InChI=1S/C19H24Cl2FNO5/c1-5-25-6-7-26-8-9-27-15-11-14(13(22)10-12(15)20)23-17(21)16(19(2,3)4)28-18(23)24/h10-11H,5-9H2,1-4H3. The third-order valence-electron chi connectivity index (χ3n) is 3.74. The maximum Gasteiger partial charge on any atom is 0.425 e. The van der Waals surface area contributed by atoms with Crippen molar-refractivity contribution in [2.45, 2.75) is 33.1 Å². The molecule has 0 fully saturated rings. The normalized spacial score (nSPS) is 11.8. The minimum atomic E-state index is -0.790. The summed E-state index contributed by atoms with van der Waals surface area (Å²) in [5.74, 6) is -1.05. The van der Waals surface area contributed by atoms with Crippen LogP contribution in [0.25, 0.3) is 5.69 Å². The molecule has 1 aromatic carbocycles. The molecule has 0 aliphatic carbocycles. The van der Waals surface area contributed by atoms with E-state index in [0.717, 1.165) is 10.6 Å². The molecule has 0 saturated carbocycles. The van der Waals surface area contributed by atoms with Gasteiger partial charge in [0.25, 0.3) is 0 Å². The fourth-order valence-electron chi connectivity index (χ4n) is 2.40. The highest BCUT2D eigenvalue weighted by Crippen LogP contribution is 2.34. The van der Waals surface area contributed by atoms with Gasteiger partial charge < -0.3 is 18.6 Å². The van der Waals surface area contributed by atoms with Crippen molar-refractivity contribution in [1.29, 1.82) is 0 Å². The maximum absolute atomic E-state index is 14.5. The molecule has 1 aromatic heterocycles. The van der Waals surface area contributed by atoms with Crippen LogP contribution in [0.2, 0.25) is 10.2 Å². The van der Waals surface area contributed by atoms with Gasteiger partial charge in [0.2, 0.25) is 0 Å². The fraction of sp³-hybridized carbons (Fsp3) is 0.526. The summed E-state index contributed by atoms with van der Waals surface area (Å²) in [6.45, 7) is 9.46. The van der Waals surface area contributed by atoms with E-state index in [1.54, 1.807) is 0 Å². The van der Waals surface area contributed by atoms with Crippen molar-refractivity contribution in [1.82, 2.24) is 4.57 Å². The van der Waals surface area contributed by atoms with E-state index in [2.05, 4.69) is 0 Å². The number of benzene rings is 1. The Morgan fingerprint density at radius 1 is 1.11 bits per heavy atom. The number of halogens is 3. The summed E-state index contributed by atoms with van der Waals surface area (Å²) in [6, 6.07) is 2.38. The van der Waals surface area contributed by atoms with Crippen molar-refractivity contribution in [2.24, 2.45) is 0 Å². The van der Waals surface area contributed by atoms with Crippen LogP contribution in [0.1, 0.15) is 33.5 Å². The first kappa shape index (κ1) is 22.7. The second-order valence-corrected chi connectivity index (χ2v) is 7.73. The minimum absolute atomic E-state index is 0.00364. The predicted molar refractivity (Wildman–Crippen MR) is 106 cm³/mol. The van der Waals surface area contributed by atoms with Crippen molar-refractivity contribution in [2.75, 3.05) is 33.0 Å². The Labute approximate surface area is 173 Å². The molecule has 2 rings (SSSR count). The van der Waals surface area contributed by atoms with Crippen molar-refractivity contribution >= 4 is 23.2 Å². The van der Waals surface area contributed by atoms with E-state index < -0.39 is 17.0 Å². The zero-order chi connectivity index (χ0) is 20.9. The Hall–Kier alpha value is -1.54. The SMILES string of the molecule is CCOCCOCCOc1cc(-n2c(Cl)c(C(C)(C)C)oc2=O)c(F)cc1Cl. The first-order valence-electron chi connectivity index (χ1n) is 8.86. The number of nitrogens with zero attached hydrogens (tertiary/aromatic N) is 1. The molecular formula is C19H24Cl2FNO5. The van der Waals surface area contributed by atoms with Crippen LogP contribution in [-0.4, -0.2) is 37.6 Å². The summed E-state index contributed by atoms with van der Waals surface area (Å²) >= 11 is 12.4. The highest BCUT2D eigenvalue weighted by atomic mass is 35.5. The van der Waals surface area contributed by atoms with Crippen LogP contribution in [0.4, 0.5) is 4.39 Å². The number of rotatable bonds is 9. The van der Waals surface area contributed by atoms with Crippen molar-refractivity contribution in [3.63, 3.8) is 0 Å². The molecule has 0 unspecified atom stereocenters. The van der Waals surface area contributed by atoms with E-state index in [9.17, 15) is 9.18 Å². The fourth-order valence-corrected chi connectivity index (χ4v) is 3.09. The first-order valence-corrected chi connectivity index (χ1v) is 9.62. The van der Waals surface area contributed by atoms with Gasteiger partial charge in [-0.05, 0) is 13.0 Å². The smallest absolute Gasteiger partial charge is 0.425 e. The maximum atomic E-state index is 14.5. The Morgan fingerprint density at radius 2 is 1.75 bits per heavy atom. The van der Waals surface area contributed by atoms with E-state index in [1.165, 1.54) is 6.07 Å². The molecule has 0 atom stereocenters. The lowest BCUT2D eigenvalue weighted by molar-refractivity contribution is 0.0405. The topological polar surface area (TPSA) is 62.8 Å². The lowest BCUT2D eigenvalue weighted by Gasteiger charge is -2.15. The molecule has 28 heavy (non-hydrogen) atoms. The van der Waals surface area contributed by atoms with Gasteiger partial charge in [0, 0.05) is 18.1 Å². The summed E-state index contributed by atoms with van der Waals surface area (Å²) in [5.41, 5.74) is -0.631. The van der Waals surface area contributed by atoms with E-state index in [0.29, 0.717) is 26.4 Å². The lowest BCUT2D eigenvalue weighted by atomic mass is 9.94. The van der Waals surface area contributed by atoms with E-state index in [-0.39, 0.29) is 34.0 Å². The Balaban J connectivity index is 2.20. The Bertz CT molecular complexity index is 857. The summed E-state index contributed by atoms with van der Waals surface area (Å²) < 4.78 is 36.8. The highest BCUT2D eigenvalue weighted by Gasteiger charge is 2.28. The molecule has 1 heterocycles. The largest absolute Gasteiger partial charge is 0.490 e. The van der Waals surface area contributed by atoms with Gasteiger partial charge in [-0.15, -0.1) is 0 Å². The van der Waals surface area contributed by atoms with Gasteiger partial charge in [0.05, 0.1) is 30.5 Å². The Morgan fingerprint density at radius 3 is 2.36 bits per heavy atom. The van der Waals surface area contributed by atoms with Gasteiger partial charge in [0.1, 0.15) is 18.2 Å². The van der Waals surface area contributed by atoms with Crippen molar-refractivity contribution in [3.8, 4) is 11.4 Å². The van der Waals surface area contributed by atoms with Gasteiger partial charge in [-0.1, -0.05) is 44.0 Å². The van der Waals surface area contributed by atoms with Gasteiger partial charge in [-0.25, -0.2) is 13.8 Å². The summed E-state index contributed by atoms with van der Waals surface area (Å²) in [6.07, 6.45) is 0. The van der Waals surface area contributed by atoms with Crippen LogP contribution in [0.5, 0.6) is 5.75 Å². The van der Waals surface area contributed by atoms with Gasteiger partial charge in [0.15, 0.2) is 10.9 Å². The van der Waals surface area contributed by atoms with Crippen molar-refractivity contribution in [3.05, 3.63) is 44.4 Å². The summed E-state index contributed by atoms with van der Waals surface area (Å²) in [5, 5.41) is 0.0724. The highest BCUT2D eigenvalue weighted by molar-refractivity contribution is 6.32. The third-order valence-corrected chi connectivity index (χ3v) is 4.38. The van der Waals surface area contributed by atoms with Gasteiger partial charge >= 0.3 is 5.76 Å². The zero-order valence-electron chi connectivity index (χ0n) is 16.3. The minimum Gasteiger partial charge on any atom is -0.490 e. The molecule has 0 aliphatic rings. The second kappa shape index (κ2) is 9.78. The lowest BCUT2D eigenvalue weighted by Crippen LogP contribution is -2.15. The van der Waals surface area contributed by atoms with E-state index in [4.69, 9.17) is 41.8 Å². The molecule has 0 spiro atoms. The Kier molecular flexibility index (Phi) is 7.95. The molecule has 6 nitrogen and oxygen atoms in total. The molecule has 0 radical (unpaired) electrons. The monoisotopic (exact) mass is 435 g/mol.